The van der Waals surface area contributed by atoms with Crippen molar-refractivity contribution in [1.82, 2.24) is 5.32 Å². The number of hydrogen-bond acceptors (Lipinski definition) is 1. The van der Waals surface area contributed by atoms with E-state index in [9.17, 15) is 0 Å². The standard InChI is InChI=1S/C16H33N/c1-5-7-13(3)16(17-4)15-11-9-14(8-6-2)10-12-15/h13-17H,5-12H2,1-4H3. The van der Waals surface area contributed by atoms with Crippen molar-refractivity contribution in [2.45, 2.75) is 78.2 Å². The van der Waals surface area contributed by atoms with E-state index >= 15 is 0 Å². The van der Waals surface area contributed by atoms with Gasteiger partial charge in [0.25, 0.3) is 0 Å². The van der Waals surface area contributed by atoms with Crippen LogP contribution in [-0.4, -0.2) is 13.1 Å². The first-order chi connectivity index (χ1) is 8.22. The van der Waals surface area contributed by atoms with Crippen molar-refractivity contribution in [2.24, 2.45) is 17.8 Å². The fourth-order valence-electron chi connectivity index (χ4n) is 3.86. The fraction of sp³-hybridized carbons (Fsp3) is 1.00. The van der Waals surface area contributed by atoms with Crippen molar-refractivity contribution in [3.8, 4) is 0 Å². The van der Waals surface area contributed by atoms with Crippen LogP contribution in [0.4, 0.5) is 0 Å². The van der Waals surface area contributed by atoms with Crippen LogP contribution in [0, 0.1) is 17.8 Å². The highest BCUT2D eigenvalue weighted by Gasteiger charge is 2.29. The van der Waals surface area contributed by atoms with Crippen LogP contribution >= 0.6 is 0 Å². The monoisotopic (exact) mass is 239 g/mol. The van der Waals surface area contributed by atoms with Gasteiger partial charge in [0.1, 0.15) is 0 Å². The van der Waals surface area contributed by atoms with Crippen LogP contribution in [0.5, 0.6) is 0 Å². The van der Waals surface area contributed by atoms with Crippen LogP contribution in [0.2, 0.25) is 0 Å². The largest absolute Gasteiger partial charge is 0.316 e. The van der Waals surface area contributed by atoms with Gasteiger partial charge in [0.2, 0.25) is 0 Å². The van der Waals surface area contributed by atoms with Crippen molar-refractivity contribution >= 4 is 0 Å². The van der Waals surface area contributed by atoms with Gasteiger partial charge in [0, 0.05) is 6.04 Å². The minimum atomic E-state index is 0.762. The smallest absolute Gasteiger partial charge is 0.0118 e. The number of rotatable bonds is 7. The summed E-state index contributed by atoms with van der Waals surface area (Å²) >= 11 is 0. The van der Waals surface area contributed by atoms with Crippen LogP contribution in [0.25, 0.3) is 0 Å². The van der Waals surface area contributed by atoms with Crippen molar-refractivity contribution in [1.29, 1.82) is 0 Å². The maximum absolute atomic E-state index is 3.60. The normalized spacial score (nSPS) is 28.9. The van der Waals surface area contributed by atoms with Gasteiger partial charge in [-0.3, -0.25) is 0 Å². The molecule has 0 radical (unpaired) electrons. The molecule has 0 aromatic heterocycles. The van der Waals surface area contributed by atoms with Gasteiger partial charge in [-0.25, -0.2) is 0 Å². The van der Waals surface area contributed by atoms with E-state index in [1.165, 1.54) is 51.4 Å². The van der Waals surface area contributed by atoms with Crippen LogP contribution in [0.1, 0.15) is 72.1 Å². The minimum absolute atomic E-state index is 0.762. The third-order valence-corrected chi connectivity index (χ3v) is 4.79. The third-order valence-electron chi connectivity index (χ3n) is 4.79. The molecule has 0 aliphatic heterocycles. The predicted molar refractivity (Wildman–Crippen MR) is 77.3 cm³/mol. The molecule has 1 aliphatic carbocycles. The lowest BCUT2D eigenvalue weighted by Crippen LogP contribution is -2.40. The van der Waals surface area contributed by atoms with E-state index in [1.807, 2.05) is 0 Å². The summed E-state index contributed by atoms with van der Waals surface area (Å²) in [5.41, 5.74) is 0. The van der Waals surface area contributed by atoms with Gasteiger partial charge >= 0.3 is 0 Å². The molecule has 1 rings (SSSR count). The molecule has 102 valence electrons. The first-order valence-electron chi connectivity index (χ1n) is 7.90. The van der Waals surface area contributed by atoms with Gasteiger partial charge < -0.3 is 5.32 Å². The molecular weight excluding hydrogens is 206 g/mol. The van der Waals surface area contributed by atoms with E-state index in [4.69, 9.17) is 0 Å². The lowest BCUT2D eigenvalue weighted by atomic mass is 9.73. The molecule has 2 atom stereocenters. The number of nitrogens with one attached hydrogen (secondary N) is 1. The first kappa shape index (κ1) is 15.0. The molecule has 0 amide bonds. The molecule has 1 heteroatoms. The van der Waals surface area contributed by atoms with Gasteiger partial charge in [0.05, 0.1) is 0 Å². The minimum Gasteiger partial charge on any atom is -0.316 e. The third kappa shape index (κ3) is 4.62. The molecule has 0 spiro atoms. The van der Waals surface area contributed by atoms with Gasteiger partial charge in [-0.05, 0) is 44.1 Å². The second kappa shape index (κ2) is 8.13. The highest BCUT2D eigenvalue weighted by molar-refractivity contribution is 4.84. The molecule has 0 aromatic carbocycles. The lowest BCUT2D eigenvalue weighted by Gasteiger charge is -2.37. The molecule has 1 N–H and O–H groups in total. The summed E-state index contributed by atoms with van der Waals surface area (Å²) in [7, 11) is 2.16. The zero-order valence-electron chi connectivity index (χ0n) is 12.5. The summed E-state index contributed by atoms with van der Waals surface area (Å²) in [5.74, 6) is 2.82. The highest BCUT2D eigenvalue weighted by Crippen LogP contribution is 2.35. The van der Waals surface area contributed by atoms with Crippen LogP contribution in [-0.2, 0) is 0 Å². The summed E-state index contributed by atoms with van der Waals surface area (Å²) in [5, 5.41) is 3.60. The summed E-state index contributed by atoms with van der Waals surface area (Å²) in [6, 6.07) is 0.762. The molecule has 1 nitrogen and oxygen atoms in total. The molecule has 1 saturated carbocycles. The van der Waals surface area contributed by atoms with E-state index in [-0.39, 0.29) is 0 Å². The molecule has 0 bridgehead atoms. The van der Waals surface area contributed by atoms with Gasteiger partial charge in [0.15, 0.2) is 0 Å². The van der Waals surface area contributed by atoms with Gasteiger partial charge in [-0.15, -0.1) is 0 Å². The van der Waals surface area contributed by atoms with Crippen LogP contribution in [0.15, 0.2) is 0 Å². The molecule has 1 aliphatic rings. The van der Waals surface area contributed by atoms with Crippen molar-refractivity contribution in [2.75, 3.05) is 7.05 Å². The maximum atomic E-state index is 3.60. The molecule has 0 saturated heterocycles. The van der Waals surface area contributed by atoms with E-state index < -0.39 is 0 Å². The van der Waals surface area contributed by atoms with Crippen molar-refractivity contribution in [3.63, 3.8) is 0 Å². The zero-order chi connectivity index (χ0) is 12.7. The Hall–Kier alpha value is -0.0400. The summed E-state index contributed by atoms with van der Waals surface area (Å²) in [4.78, 5) is 0. The zero-order valence-corrected chi connectivity index (χ0v) is 12.5. The van der Waals surface area contributed by atoms with Crippen molar-refractivity contribution < 1.29 is 0 Å². The quantitative estimate of drug-likeness (QED) is 0.683. The van der Waals surface area contributed by atoms with Gasteiger partial charge in [-0.1, -0.05) is 52.9 Å². The summed E-state index contributed by atoms with van der Waals surface area (Å²) in [6.07, 6.45) is 11.4. The van der Waals surface area contributed by atoms with E-state index in [0.717, 1.165) is 23.8 Å². The van der Waals surface area contributed by atoms with Crippen molar-refractivity contribution in [3.05, 3.63) is 0 Å². The second-order valence-corrected chi connectivity index (χ2v) is 6.15. The average Bonchev–Trinajstić information content (AvgIpc) is 2.33. The summed E-state index contributed by atoms with van der Waals surface area (Å²) in [6.45, 7) is 7.07. The lowest BCUT2D eigenvalue weighted by molar-refractivity contribution is 0.180. The maximum Gasteiger partial charge on any atom is 0.0118 e. The molecule has 2 unspecified atom stereocenters. The SMILES string of the molecule is CCCC1CCC(C(NC)C(C)CCC)CC1. The molecule has 17 heavy (non-hydrogen) atoms. The Bertz CT molecular complexity index is 182. The Kier molecular flexibility index (Phi) is 7.18. The van der Waals surface area contributed by atoms with E-state index in [0.29, 0.717) is 0 Å². The number of hydrogen-bond donors (Lipinski definition) is 1. The molecule has 0 aromatic rings. The predicted octanol–water partition coefficient (Wildman–Crippen LogP) is 4.62. The fourth-order valence-corrected chi connectivity index (χ4v) is 3.86. The Morgan fingerprint density at radius 2 is 1.71 bits per heavy atom. The van der Waals surface area contributed by atoms with Gasteiger partial charge in [-0.2, -0.15) is 0 Å². The Morgan fingerprint density at radius 1 is 1.06 bits per heavy atom. The second-order valence-electron chi connectivity index (χ2n) is 6.15. The molecule has 0 heterocycles. The Balaban J connectivity index is 2.39. The first-order valence-corrected chi connectivity index (χ1v) is 7.90. The Labute approximate surface area is 109 Å². The van der Waals surface area contributed by atoms with E-state index in [2.05, 4.69) is 33.1 Å². The summed E-state index contributed by atoms with van der Waals surface area (Å²) < 4.78 is 0. The topological polar surface area (TPSA) is 12.0 Å². The van der Waals surface area contributed by atoms with Crippen LogP contribution in [0.3, 0.4) is 0 Å². The highest BCUT2D eigenvalue weighted by atomic mass is 14.9. The molecular formula is C16H33N. The average molecular weight is 239 g/mol. The Morgan fingerprint density at radius 3 is 2.18 bits per heavy atom. The molecule has 1 fully saturated rings. The van der Waals surface area contributed by atoms with E-state index in [1.54, 1.807) is 0 Å². The van der Waals surface area contributed by atoms with Crippen LogP contribution < -0.4 is 5.32 Å².